The minimum Gasteiger partial charge on any atom is -0.135 e. The summed E-state index contributed by atoms with van der Waals surface area (Å²) in [6.45, 7) is 4.82. The molecule has 0 N–H and O–H groups in total. The Morgan fingerprint density at radius 3 is 1.54 bits per heavy atom. The first-order chi connectivity index (χ1) is 23.6. The van der Waals surface area contributed by atoms with Crippen LogP contribution in [0.2, 0.25) is 0 Å². The van der Waals surface area contributed by atoms with E-state index in [9.17, 15) is 0 Å². The first-order valence-corrected chi connectivity index (χ1v) is 17.6. The van der Waals surface area contributed by atoms with E-state index in [1.165, 1.54) is 97.4 Å². The van der Waals surface area contributed by atoms with Gasteiger partial charge in [-0.2, -0.15) is 0 Å². The van der Waals surface area contributed by atoms with E-state index < -0.39 is 0 Å². The second-order valence-electron chi connectivity index (χ2n) is 13.6. The summed E-state index contributed by atoms with van der Waals surface area (Å²) < 4.78 is 2.74. The van der Waals surface area contributed by atoms with E-state index in [1.807, 2.05) is 11.3 Å². The van der Waals surface area contributed by atoms with Crippen molar-refractivity contribution in [3.63, 3.8) is 0 Å². The van der Waals surface area contributed by atoms with Crippen LogP contribution in [0, 0.1) is 0 Å². The molecule has 0 aliphatic heterocycles. The van der Waals surface area contributed by atoms with Crippen LogP contribution in [0.4, 0.5) is 0 Å². The molecule has 8 aromatic carbocycles. The lowest BCUT2D eigenvalue weighted by atomic mass is 9.80. The highest BCUT2D eigenvalue weighted by Gasteiger charge is 2.38. The Balaban J connectivity index is 1.10. The van der Waals surface area contributed by atoms with Crippen molar-refractivity contribution >= 4 is 53.1 Å². The second-order valence-corrected chi connectivity index (χ2v) is 14.7. The van der Waals surface area contributed by atoms with Crippen molar-refractivity contribution in [3.05, 3.63) is 169 Å². The third-order valence-electron chi connectivity index (χ3n) is 10.7. The molecule has 9 aromatic rings. The van der Waals surface area contributed by atoms with E-state index >= 15 is 0 Å². The highest BCUT2D eigenvalue weighted by molar-refractivity contribution is 7.25. The zero-order chi connectivity index (χ0) is 32.0. The number of fused-ring (bicyclic) bond motifs is 9. The maximum Gasteiger partial charge on any atom is 0.0358 e. The van der Waals surface area contributed by atoms with E-state index in [2.05, 4.69) is 172 Å². The van der Waals surface area contributed by atoms with Crippen molar-refractivity contribution in [2.45, 2.75) is 19.3 Å². The fourth-order valence-electron chi connectivity index (χ4n) is 8.49. The molecule has 226 valence electrons. The maximum absolute atomic E-state index is 2.45. The average molecular weight is 629 g/mol. The van der Waals surface area contributed by atoms with Gasteiger partial charge in [0.05, 0.1) is 0 Å². The van der Waals surface area contributed by atoms with Crippen molar-refractivity contribution < 1.29 is 0 Å². The van der Waals surface area contributed by atoms with Crippen LogP contribution in [0.3, 0.4) is 0 Å². The normalized spacial score (nSPS) is 13.4. The molecule has 0 atom stereocenters. The largest absolute Gasteiger partial charge is 0.135 e. The average Bonchev–Trinajstić information content (AvgIpc) is 3.62. The van der Waals surface area contributed by atoms with Crippen LogP contribution in [0.25, 0.3) is 86.2 Å². The van der Waals surface area contributed by atoms with Gasteiger partial charge in [0, 0.05) is 25.6 Å². The molecular formula is C47H32S. The molecule has 1 aliphatic rings. The predicted octanol–water partition coefficient (Wildman–Crippen LogP) is 13.7. The van der Waals surface area contributed by atoms with Crippen molar-refractivity contribution in [1.82, 2.24) is 0 Å². The molecule has 1 aliphatic carbocycles. The molecular weight excluding hydrogens is 597 g/mol. The molecule has 1 heterocycles. The summed E-state index contributed by atoms with van der Waals surface area (Å²) in [5, 5.41) is 7.95. The number of hydrogen-bond donors (Lipinski definition) is 0. The summed E-state index contributed by atoms with van der Waals surface area (Å²) in [5.41, 5.74) is 13.1. The molecule has 0 saturated heterocycles. The Bertz CT molecular complexity index is 2670. The zero-order valence-electron chi connectivity index (χ0n) is 26.9. The lowest BCUT2D eigenvalue weighted by molar-refractivity contribution is 0.667. The predicted molar refractivity (Wildman–Crippen MR) is 208 cm³/mol. The molecule has 0 fully saturated rings. The van der Waals surface area contributed by atoms with Gasteiger partial charge in [0.2, 0.25) is 0 Å². The molecule has 0 spiro atoms. The van der Waals surface area contributed by atoms with Crippen LogP contribution >= 0.6 is 11.3 Å². The Morgan fingerprint density at radius 1 is 0.396 bits per heavy atom. The molecule has 0 amide bonds. The minimum atomic E-state index is -0.0949. The van der Waals surface area contributed by atoms with E-state index in [4.69, 9.17) is 0 Å². The number of rotatable bonds is 3. The van der Waals surface area contributed by atoms with Crippen LogP contribution in [0.15, 0.2) is 158 Å². The highest BCUT2D eigenvalue weighted by Crippen LogP contribution is 2.54. The first-order valence-electron chi connectivity index (χ1n) is 16.8. The monoisotopic (exact) mass is 628 g/mol. The summed E-state index contributed by atoms with van der Waals surface area (Å²) in [6.07, 6.45) is 0. The number of hydrogen-bond acceptors (Lipinski definition) is 1. The molecule has 10 rings (SSSR count). The Hall–Kier alpha value is -5.50. The van der Waals surface area contributed by atoms with Crippen LogP contribution in [0.5, 0.6) is 0 Å². The van der Waals surface area contributed by atoms with Gasteiger partial charge in [0.15, 0.2) is 0 Å². The van der Waals surface area contributed by atoms with E-state index in [1.54, 1.807) is 0 Å². The van der Waals surface area contributed by atoms with Crippen molar-refractivity contribution in [3.8, 4) is 44.5 Å². The van der Waals surface area contributed by atoms with Gasteiger partial charge >= 0.3 is 0 Å². The molecule has 0 unspecified atom stereocenters. The van der Waals surface area contributed by atoms with Gasteiger partial charge in [-0.05, 0) is 95.4 Å². The van der Waals surface area contributed by atoms with E-state index in [-0.39, 0.29) is 5.41 Å². The SMILES string of the molecule is CC1(C)c2cc(-c3ccc(-c4c5ccccc5c(-c5ccccc5)c5ccccc45)cc3)ccc2-c2ccc3sc4ccccc4c3c21. The smallest absolute Gasteiger partial charge is 0.0358 e. The molecule has 0 radical (unpaired) electrons. The molecule has 0 bridgehead atoms. The molecule has 1 heteroatoms. The van der Waals surface area contributed by atoms with Gasteiger partial charge in [-0.15, -0.1) is 11.3 Å². The van der Waals surface area contributed by atoms with Crippen LogP contribution in [-0.2, 0) is 5.41 Å². The maximum atomic E-state index is 2.45. The fraction of sp³-hybridized carbons (Fsp3) is 0.0638. The Kier molecular flexibility index (Phi) is 5.89. The standard InChI is InChI=1S/C47H32S/c1-47(2)40-28-32(24-25-33(40)38-26-27-42-45(46(38)47)39-18-10-11-19-41(39)48-42)29-20-22-31(23-21-29)44-36-16-8-6-14-34(36)43(30-12-4-3-5-13-30)35-15-7-9-17-37(35)44/h3-28H,1-2H3. The van der Waals surface area contributed by atoms with Crippen LogP contribution < -0.4 is 0 Å². The van der Waals surface area contributed by atoms with Crippen LogP contribution in [-0.4, -0.2) is 0 Å². The van der Waals surface area contributed by atoms with Gasteiger partial charge in [-0.25, -0.2) is 0 Å². The number of thiophene rings is 1. The summed E-state index contributed by atoms with van der Waals surface area (Å²) in [4.78, 5) is 0. The zero-order valence-corrected chi connectivity index (χ0v) is 27.7. The van der Waals surface area contributed by atoms with Crippen molar-refractivity contribution in [2.24, 2.45) is 0 Å². The molecule has 0 saturated carbocycles. The van der Waals surface area contributed by atoms with E-state index in [0.29, 0.717) is 0 Å². The summed E-state index contributed by atoms with van der Waals surface area (Å²) >= 11 is 1.91. The highest BCUT2D eigenvalue weighted by atomic mass is 32.1. The van der Waals surface area contributed by atoms with Gasteiger partial charge in [-0.1, -0.05) is 153 Å². The number of benzene rings is 8. The second kappa shape index (κ2) is 10.2. The van der Waals surface area contributed by atoms with E-state index in [0.717, 1.165) is 0 Å². The Labute approximate surface area is 284 Å². The third-order valence-corrected chi connectivity index (χ3v) is 11.8. The van der Waals surface area contributed by atoms with Gasteiger partial charge < -0.3 is 0 Å². The lowest BCUT2D eigenvalue weighted by Gasteiger charge is -2.23. The van der Waals surface area contributed by atoms with Crippen molar-refractivity contribution in [2.75, 3.05) is 0 Å². The van der Waals surface area contributed by atoms with Crippen LogP contribution in [0.1, 0.15) is 25.0 Å². The summed E-state index contributed by atoms with van der Waals surface area (Å²) in [7, 11) is 0. The third kappa shape index (κ3) is 3.89. The fourth-order valence-corrected chi connectivity index (χ4v) is 9.60. The van der Waals surface area contributed by atoms with Gasteiger partial charge in [0.25, 0.3) is 0 Å². The topological polar surface area (TPSA) is 0 Å². The van der Waals surface area contributed by atoms with Gasteiger partial charge in [0.1, 0.15) is 0 Å². The lowest BCUT2D eigenvalue weighted by Crippen LogP contribution is -2.15. The summed E-state index contributed by atoms with van der Waals surface area (Å²) in [6, 6.07) is 58.5. The Morgan fingerprint density at radius 2 is 0.896 bits per heavy atom. The quantitative estimate of drug-likeness (QED) is 0.171. The van der Waals surface area contributed by atoms with Crippen molar-refractivity contribution in [1.29, 1.82) is 0 Å². The molecule has 1 aromatic heterocycles. The summed E-state index contributed by atoms with van der Waals surface area (Å²) in [5.74, 6) is 0. The first kappa shape index (κ1) is 27.6. The molecule has 48 heavy (non-hydrogen) atoms. The molecule has 0 nitrogen and oxygen atoms in total. The van der Waals surface area contributed by atoms with Gasteiger partial charge in [-0.3, -0.25) is 0 Å². The minimum absolute atomic E-state index is 0.0949.